The molecule has 3 rings (SSSR count). The monoisotopic (exact) mass is 314 g/mol. The third-order valence-electron chi connectivity index (χ3n) is 2.98. The Morgan fingerprint density at radius 3 is 2.89 bits per heavy atom. The number of halogens is 1. The summed E-state index contributed by atoms with van der Waals surface area (Å²) in [5.74, 6) is -0.00509. The predicted molar refractivity (Wildman–Crippen MR) is 78.7 cm³/mol. The first-order valence-electron chi connectivity index (χ1n) is 5.95. The summed E-state index contributed by atoms with van der Waals surface area (Å²) in [7, 11) is 0. The number of carbonyl (C=O) groups excluding carboxylic acids is 1. The Hall–Kier alpha value is -1.94. The van der Waals surface area contributed by atoms with Crippen LogP contribution in [0.3, 0.4) is 0 Å². The number of aromatic nitrogens is 1. The summed E-state index contributed by atoms with van der Waals surface area (Å²) in [4.78, 5) is 16.1. The molecule has 1 aliphatic heterocycles. The van der Waals surface area contributed by atoms with Crippen molar-refractivity contribution in [2.45, 2.75) is 6.42 Å². The van der Waals surface area contributed by atoms with E-state index < -0.39 is 0 Å². The zero-order valence-corrected chi connectivity index (χ0v) is 11.6. The molecule has 0 saturated heterocycles. The molecule has 1 aromatic heterocycles. The van der Waals surface area contributed by atoms with Gasteiger partial charge in [0.05, 0.1) is 5.69 Å². The maximum Gasteiger partial charge on any atom is 0.228 e. The van der Waals surface area contributed by atoms with Crippen molar-refractivity contribution in [3.63, 3.8) is 0 Å². The Kier molecular flexibility index (Phi) is 3.17. The highest BCUT2D eigenvalue weighted by Crippen LogP contribution is 2.33. The van der Waals surface area contributed by atoms with Gasteiger partial charge in [0.25, 0.3) is 0 Å². The molecule has 94 valence electrons. The molecular weight excluding hydrogens is 304 g/mol. The van der Waals surface area contributed by atoms with Crippen molar-refractivity contribution >= 4 is 33.1 Å². The number of pyridine rings is 1. The van der Waals surface area contributed by atoms with E-state index in [0.29, 0.717) is 6.42 Å². The van der Waals surface area contributed by atoms with E-state index >= 15 is 0 Å². The van der Waals surface area contributed by atoms with Gasteiger partial charge in [-0.2, -0.15) is 0 Å². The van der Waals surface area contributed by atoms with Crippen molar-refractivity contribution in [3.05, 3.63) is 64.4 Å². The zero-order chi connectivity index (χ0) is 13.2. The molecule has 4 heteroatoms. The molecule has 3 nitrogen and oxygen atoms in total. The normalized spacial score (nSPS) is 14.2. The number of nitrogens with zero attached hydrogens (tertiary/aromatic N) is 1. The number of carbonyl (C=O) groups is 1. The van der Waals surface area contributed by atoms with E-state index in [-0.39, 0.29) is 5.91 Å². The average Bonchev–Trinajstić information content (AvgIpc) is 2.58. The van der Waals surface area contributed by atoms with Crippen molar-refractivity contribution in [1.82, 2.24) is 4.98 Å². The highest BCUT2D eigenvalue weighted by Gasteiger charge is 2.17. The average molecular weight is 315 g/mol. The van der Waals surface area contributed by atoms with Gasteiger partial charge in [0, 0.05) is 33.9 Å². The van der Waals surface area contributed by atoms with Gasteiger partial charge in [-0.05, 0) is 30.3 Å². The standard InChI is InChI=1S/C15H11BrN2O/c16-10-4-6-14-12(9-10)11(5-7-15(19)18-14)13-3-1-2-8-17-13/h1-6,8-9H,7H2,(H,18,19). The SMILES string of the molecule is O=C1CC=C(c2ccccn2)c2cc(Br)ccc2N1. The summed E-state index contributed by atoms with van der Waals surface area (Å²) in [5.41, 5.74) is 3.66. The summed E-state index contributed by atoms with van der Waals surface area (Å²) in [6, 6.07) is 11.6. The van der Waals surface area contributed by atoms with Crippen LogP contribution >= 0.6 is 15.9 Å². The lowest BCUT2D eigenvalue weighted by atomic mass is 10.0. The largest absolute Gasteiger partial charge is 0.325 e. The van der Waals surface area contributed by atoms with E-state index in [1.165, 1.54) is 0 Å². The molecule has 1 aliphatic rings. The highest BCUT2D eigenvalue weighted by molar-refractivity contribution is 9.10. The second kappa shape index (κ2) is 4.97. The van der Waals surface area contributed by atoms with Gasteiger partial charge in [0.1, 0.15) is 0 Å². The van der Waals surface area contributed by atoms with Gasteiger partial charge >= 0.3 is 0 Å². The van der Waals surface area contributed by atoms with Crippen LogP contribution in [0.25, 0.3) is 5.57 Å². The van der Waals surface area contributed by atoms with E-state index in [1.807, 2.05) is 42.5 Å². The molecular formula is C15H11BrN2O. The van der Waals surface area contributed by atoms with Gasteiger partial charge < -0.3 is 5.32 Å². The minimum atomic E-state index is -0.00509. The smallest absolute Gasteiger partial charge is 0.228 e. The van der Waals surface area contributed by atoms with Crippen molar-refractivity contribution in [3.8, 4) is 0 Å². The predicted octanol–water partition coefficient (Wildman–Crippen LogP) is 3.62. The maximum absolute atomic E-state index is 11.7. The lowest BCUT2D eigenvalue weighted by Gasteiger charge is -2.11. The molecule has 19 heavy (non-hydrogen) atoms. The lowest BCUT2D eigenvalue weighted by Crippen LogP contribution is -2.09. The fourth-order valence-corrected chi connectivity index (χ4v) is 2.48. The maximum atomic E-state index is 11.7. The van der Waals surface area contributed by atoms with Crippen LogP contribution in [0, 0.1) is 0 Å². The van der Waals surface area contributed by atoms with Gasteiger partial charge in [-0.1, -0.05) is 28.1 Å². The van der Waals surface area contributed by atoms with Crippen LogP contribution in [-0.4, -0.2) is 10.9 Å². The van der Waals surface area contributed by atoms with E-state index in [2.05, 4.69) is 26.2 Å². The summed E-state index contributed by atoms with van der Waals surface area (Å²) in [5, 5.41) is 2.91. The molecule has 1 aromatic carbocycles. The summed E-state index contributed by atoms with van der Waals surface area (Å²) < 4.78 is 0.976. The number of amides is 1. The van der Waals surface area contributed by atoms with Crippen LogP contribution in [0.5, 0.6) is 0 Å². The van der Waals surface area contributed by atoms with Gasteiger partial charge in [-0.3, -0.25) is 9.78 Å². The van der Waals surface area contributed by atoms with E-state index in [0.717, 1.165) is 27.0 Å². The molecule has 1 N–H and O–H groups in total. The van der Waals surface area contributed by atoms with Gasteiger partial charge in [0.15, 0.2) is 0 Å². The Morgan fingerprint density at radius 2 is 2.11 bits per heavy atom. The molecule has 0 aliphatic carbocycles. The second-order valence-electron chi connectivity index (χ2n) is 4.27. The molecule has 0 radical (unpaired) electrons. The molecule has 0 bridgehead atoms. The molecule has 0 fully saturated rings. The summed E-state index contributed by atoms with van der Waals surface area (Å²) in [6.07, 6.45) is 4.04. The van der Waals surface area contributed by atoms with Crippen molar-refractivity contribution < 1.29 is 4.79 Å². The summed E-state index contributed by atoms with van der Waals surface area (Å²) in [6.45, 7) is 0. The van der Waals surface area contributed by atoms with E-state index in [9.17, 15) is 4.79 Å². The van der Waals surface area contributed by atoms with Gasteiger partial charge in [-0.25, -0.2) is 0 Å². The van der Waals surface area contributed by atoms with Crippen LogP contribution in [0.15, 0.2) is 53.1 Å². The topological polar surface area (TPSA) is 42.0 Å². The summed E-state index contributed by atoms with van der Waals surface area (Å²) >= 11 is 3.47. The minimum absolute atomic E-state index is 0.00509. The lowest BCUT2D eigenvalue weighted by molar-refractivity contribution is -0.115. The number of hydrogen-bond donors (Lipinski definition) is 1. The number of rotatable bonds is 1. The molecule has 1 amide bonds. The van der Waals surface area contributed by atoms with E-state index in [1.54, 1.807) is 6.20 Å². The number of hydrogen-bond acceptors (Lipinski definition) is 2. The Bertz CT molecular complexity index is 665. The van der Waals surface area contributed by atoms with Crippen molar-refractivity contribution in [1.29, 1.82) is 0 Å². The molecule has 2 aromatic rings. The number of anilines is 1. The second-order valence-corrected chi connectivity index (χ2v) is 5.19. The van der Waals surface area contributed by atoms with Crippen LogP contribution in [-0.2, 0) is 4.79 Å². The van der Waals surface area contributed by atoms with Crippen molar-refractivity contribution in [2.75, 3.05) is 5.32 Å². The first kappa shape index (κ1) is 12.1. The quantitative estimate of drug-likeness (QED) is 0.873. The molecule has 2 heterocycles. The third kappa shape index (κ3) is 2.44. The molecule has 0 spiro atoms. The highest BCUT2D eigenvalue weighted by atomic mass is 79.9. The Labute approximate surface area is 119 Å². The van der Waals surface area contributed by atoms with Crippen LogP contribution in [0.1, 0.15) is 17.7 Å². The molecule has 0 unspecified atom stereocenters. The van der Waals surface area contributed by atoms with Crippen LogP contribution in [0.2, 0.25) is 0 Å². The fourth-order valence-electron chi connectivity index (χ4n) is 2.12. The third-order valence-corrected chi connectivity index (χ3v) is 3.47. The number of benzene rings is 1. The van der Waals surface area contributed by atoms with Gasteiger partial charge in [0.2, 0.25) is 5.91 Å². The first-order valence-corrected chi connectivity index (χ1v) is 6.75. The zero-order valence-electron chi connectivity index (χ0n) is 10.1. The minimum Gasteiger partial charge on any atom is -0.325 e. The van der Waals surface area contributed by atoms with Gasteiger partial charge in [-0.15, -0.1) is 0 Å². The van der Waals surface area contributed by atoms with Crippen LogP contribution < -0.4 is 5.32 Å². The molecule has 0 atom stereocenters. The van der Waals surface area contributed by atoms with Crippen LogP contribution in [0.4, 0.5) is 5.69 Å². The molecule has 0 saturated carbocycles. The van der Waals surface area contributed by atoms with Crippen molar-refractivity contribution in [2.24, 2.45) is 0 Å². The number of fused-ring (bicyclic) bond motifs is 1. The Morgan fingerprint density at radius 1 is 1.21 bits per heavy atom. The van der Waals surface area contributed by atoms with E-state index in [4.69, 9.17) is 0 Å². The Balaban J connectivity index is 2.20. The first-order chi connectivity index (χ1) is 9.24. The fraction of sp³-hybridized carbons (Fsp3) is 0.0667. The number of nitrogens with one attached hydrogen (secondary N) is 1.